The van der Waals surface area contributed by atoms with E-state index in [-0.39, 0.29) is 11.9 Å². The summed E-state index contributed by atoms with van der Waals surface area (Å²) in [5, 5.41) is 0. The lowest BCUT2D eigenvalue weighted by molar-refractivity contribution is 0.0439. The van der Waals surface area contributed by atoms with Gasteiger partial charge in [-0.2, -0.15) is 0 Å². The lowest BCUT2D eigenvalue weighted by atomic mass is 9.99. The lowest BCUT2D eigenvalue weighted by Crippen LogP contribution is -2.55. The number of nitrogens with zero attached hydrogens (tertiary/aromatic N) is 3. The summed E-state index contributed by atoms with van der Waals surface area (Å²) in [5.74, 6) is 0.284. The zero-order valence-electron chi connectivity index (χ0n) is 27.9. The average molecular weight is 644 g/mol. The van der Waals surface area contributed by atoms with E-state index in [4.69, 9.17) is 14.2 Å². The largest absolute Gasteiger partial charge is 0.493 e. The first kappa shape index (κ1) is 32.6. The van der Waals surface area contributed by atoms with Crippen molar-refractivity contribution in [1.29, 1.82) is 0 Å². The van der Waals surface area contributed by atoms with Crippen molar-refractivity contribution in [3.8, 4) is 28.4 Å². The van der Waals surface area contributed by atoms with Gasteiger partial charge in [0, 0.05) is 37.9 Å². The number of benzene rings is 4. The summed E-state index contributed by atoms with van der Waals surface area (Å²) in [6, 6.07) is 35.9. The van der Waals surface area contributed by atoms with E-state index in [9.17, 15) is 9.59 Å². The Hall–Kier alpha value is -5.34. The predicted octanol–water partition coefficient (Wildman–Crippen LogP) is 6.83. The number of hydrogen-bond donors (Lipinski definition) is 0. The highest BCUT2D eigenvalue weighted by atomic mass is 16.5. The van der Waals surface area contributed by atoms with E-state index in [1.807, 2.05) is 77.1 Å². The molecule has 1 aromatic heterocycles. The summed E-state index contributed by atoms with van der Waals surface area (Å²) in [4.78, 5) is 32.2. The molecule has 1 atom stereocenters. The molecule has 1 amide bonds. The van der Waals surface area contributed by atoms with Crippen LogP contribution in [0.1, 0.15) is 37.5 Å². The molecule has 1 aliphatic heterocycles. The fourth-order valence-electron chi connectivity index (χ4n) is 6.73. The second-order valence-electron chi connectivity index (χ2n) is 12.0. The molecule has 1 saturated heterocycles. The minimum absolute atomic E-state index is 0.0361. The molecule has 48 heavy (non-hydrogen) atoms. The summed E-state index contributed by atoms with van der Waals surface area (Å²) in [6.07, 6.45) is 0.741. The summed E-state index contributed by atoms with van der Waals surface area (Å²) >= 11 is 0. The smallest absolute Gasteiger partial charge is 0.338 e. The number of rotatable bonds is 10. The van der Waals surface area contributed by atoms with E-state index in [0.717, 1.165) is 37.3 Å². The maximum atomic E-state index is 14.9. The number of piperazine rings is 1. The van der Waals surface area contributed by atoms with Gasteiger partial charge in [0.05, 0.1) is 43.8 Å². The van der Waals surface area contributed by atoms with E-state index >= 15 is 0 Å². The Labute approximate surface area is 282 Å². The SMILES string of the molecule is COC(=O)c1cc(OC)c(OC)c(-n2c(C)cc(C(=O)N3CCN(Cc4ccccc4)C[C@H]3Cc3ccccc3)c2-c2ccccc2)c1. The summed E-state index contributed by atoms with van der Waals surface area (Å²) < 4.78 is 18.6. The van der Waals surface area contributed by atoms with Gasteiger partial charge in [0.2, 0.25) is 0 Å². The molecule has 4 aromatic carbocycles. The first-order valence-corrected chi connectivity index (χ1v) is 16.2. The number of esters is 1. The fourth-order valence-corrected chi connectivity index (χ4v) is 6.73. The number of aryl methyl sites for hydroxylation is 1. The average Bonchev–Trinajstić information content (AvgIpc) is 3.48. The molecule has 1 fully saturated rings. The standard InChI is InChI=1S/C40H41N3O5/c1-28-22-34(37(31-18-12-7-13-19-31)43(28)35-24-32(40(45)48-4)25-36(46-2)38(35)47-3)39(44)42-21-20-41(26-30-16-10-6-11-17-30)27-33(42)23-29-14-8-5-9-15-29/h5-19,22,24-25,33H,20-21,23,26-27H2,1-4H3/t33-/m1/s1. The minimum atomic E-state index is -0.503. The Kier molecular flexibility index (Phi) is 9.92. The molecule has 6 rings (SSSR count). The third-order valence-electron chi connectivity index (χ3n) is 8.97. The van der Waals surface area contributed by atoms with Gasteiger partial charge >= 0.3 is 5.97 Å². The zero-order valence-corrected chi connectivity index (χ0v) is 27.9. The van der Waals surface area contributed by atoms with Crippen molar-refractivity contribution in [1.82, 2.24) is 14.4 Å². The Bertz CT molecular complexity index is 1870. The van der Waals surface area contributed by atoms with Crippen LogP contribution in [0.15, 0.2) is 109 Å². The number of aromatic nitrogens is 1. The summed E-state index contributed by atoms with van der Waals surface area (Å²) in [5.41, 5.74) is 6.29. The van der Waals surface area contributed by atoms with E-state index in [2.05, 4.69) is 41.3 Å². The molecule has 5 aromatic rings. The van der Waals surface area contributed by atoms with Crippen LogP contribution in [-0.2, 0) is 17.7 Å². The number of methoxy groups -OCH3 is 3. The molecule has 246 valence electrons. The van der Waals surface area contributed by atoms with Gasteiger partial charge in [0.1, 0.15) is 0 Å². The molecule has 0 aliphatic carbocycles. The van der Waals surface area contributed by atoms with Crippen molar-refractivity contribution >= 4 is 11.9 Å². The van der Waals surface area contributed by atoms with Gasteiger partial charge in [0.25, 0.3) is 5.91 Å². The van der Waals surface area contributed by atoms with Crippen molar-refractivity contribution in [3.63, 3.8) is 0 Å². The highest BCUT2D eigenvalue weighted by molar-refractivity contribution is 6.02. The lowest BCUT2D eigenvalue weighted by Gasteiger charge is -2.42. The van der Waals surface area contributed by atoms with Crippen LogP contribution in [0.4, 0.5) is 0 Å². The fraction of sp³-hybridized carbons (Fsp3) is 0.250. The van der Waals surface area contributed by atoms with E-state index in [1.54, 1.807) is 19.2 Å². The second kappa shape index (κ2) is 14.6. The summed E-state index contributed by atoms with van der Waals surface area (Å²) in [6.45, 7) is 4.90. The molecular formula is C40H41N3O5. The van der Waals surface area contributed by atoms with Crippen molar-refractivity contribution in [2.24, 2.45) is 0 Å². The van der Waals surface area contributed by atoms with Gasteiger partial charge in [-0.05, 0) is 48.2 Å². The third-order valence-corrected chi connectivity index (χ3v) is 8.97. The molecule has 0 unspecified atom stereocenters. The molecule has 1 aliphatic rings. The van der Waals surface area contributed by atoms with Crippen LogP contribution in [0.3, 0.4) is 0 Å². The molecule has 0 spiro atoms. The Morgan fingerprint density at radius 3 is 2.04 bits per heavy atom. The van der Waals surface area contributed by atoms with Crippen LogP contribution in [0.2, 0.25) is 0 Å². The van der Waals surface area contributed by atoms with Crippen molar-refractivity contribution < 1.29 is 23.8 Å². The van der Waals surface area contributed by atoms with Crippen LogP contribution in [0.5, 0.6) is 11.5 Å². The van der Waals surface area contributed by atoms with Crippen LogP contribution < -0.4 is 9.47 Å². The third kappa shape index (κ3) is 6.71. The van der Waals surface area contributed by atoms with E-state index in [0.29, 0.717) is 40.6 Å². The number of carbonyl (C=O) groups excluding carboxylic acids is 2. The maximum absolute atomic E-state index is 14.9. The van der Waals surface area contributed by atoms with Gasteiger partial charge in [-0.1, -0.05) is 91.0 Å². The quantitative estimate of drug-likeness (QED) is 0.156. The van der Waals surface area contributed by atoms with Crippen molar-refractivity contribution in [2.75, 3.05) is 41.0 Å². The number of carbonyl (C=O) groups is 2. The zero-order chi connectivity index (χ0) is 33.6. The van der Waals surface area contributed by atoms with Gasteiger partial charge < -0.3 is 23.7 Å². The molecular weight excluding hydrogens is 602 g/mol. The number of ether oxygens (including phenoxy) is 3. The number of hydrogen-bond acceptors (Lipinski definition) is 6. The first-order chi connectivity index (χ1) is 23.4. The van der Waals surface area contributed by atoms with Crippen LogP contribution >= 0.6 is 0 Å². The molecule has 0 N–H and O–H groups in total. The normalized spacial score (nSPS) is 14.8. The molecule has 0 saturated carbocycles. The van der Waals surface area contributed by atoms with Gasteiger partial charge in [0.15, 0.2) is 11.5 Å². The Morgan fingerprint density at radius 1 is 0.771 bits per heavy atom. The Balaban J connectivity index is 1.45. The predicted molar refractivity (Wildman–Crippen MR) is 187 cm³/mol. The van der Waals surface area contributed by atoms with Crippen LogP contribution in [-0.4, -0.2) is 73.2 Å². The minimum Gasteiger partial charge on any atom is -0.493 e. The molecule has 0 radical (unpaired) electrons. The highest BCUT2D eigenvalue weighted by Crippen LogP contribution is 2.41. The van der Waals surface area contributed by atoms with Gasteiger partial charge in [-0.3, -0.25) is 9.69 Å². The monoisotopic (exact) mass is 643 g/mol. The Morgan fingerprint density at radius 2 is 1.42 bits per heavy atom. The van der Waals surface area contributed by atoms with Gasteiger partial charge in [-0.25, -0.2) is 4.79 Å². The highest BCUT2D eigenvalue weighted by Gasteiger charge is 2.34. The van der Waals surface area contributed by atoms with Gasteiger partial charge in [-0.15, -0.1) is 0 Å². The topological polar surface area (TPSA) is 73.2 Å². The number of amides is 1. The molecule has 2 heterocycles. The second-order valence-corrected chi connectivity index (χ2v) is 12.0. The van der Waals surface area contributed by atoms with E-state index < -0.39 is 5.97 Å². The van der Waals surface area contributed by atoms with Crippen molar-refractivity contribution in [3.05, 3.63) is 137 Å². The van der Waals surface area contributed by atoms with E-state index in [1.165, 1.54) is 25.3 Å². The summed E-state index contributed by atoms with van der Waals surface area (Å²) in [7, 11) is 4.44. The first-order valence-electron chi connectivity index (χ1n) is 16.2. The van der Waals surface area contributed by atoms with Crippen LogP contribution in [0.25, 0.3) is 16.9 Å². The molecule has 8 nitrogen and oxygen atoms in total. The maximum Gasteiger partial charge on any atom is 0.338 e. The molecule has 8 heteroatoms. The molecule has 0 bridgehead atoms. The van der Waals surface area contributed by atoms with Crippen LogP contribution in [0, 0.1) is 6.92 Å². The van der Waals surface area contributed by atoms with Crippen molar-refractivity contribution in [2.45, 2.75) is 25.9 Å².